The molecule has 25 heavy (non-hydrogen) atoms. The smallest absolute Gasteiger partial charge is 0.329 e. The van der Waals surface area contributed by atoms with Crippen molar-refractivity contribution in [2.45, 2.75) is 18.9 Å². The topological polar surface area (TPSA) is 71.3 Å². The van der Waals surface area contributed by atoms with E-state index in [1.807, 2.05) is 6.07 Å². The van der Waals surface area contributed by atoms with Gasteiger partial charge in [-0.15, -0.1) is 0 Å². The predicted octanol–water partition coefficient (Wildman–Crippen LogP) is 0.714. The number of allylic oxidation sites excluding steroid dienone is 1. The van der Waals surface area contributed by atoms with Crippen molar-refractivity contribution >= 4 is 22.6 Å². The van der Waals surface area contributed by atoms with Gasteiger partial charge in [0.1, 0.15) is 0 Å². The van der Waals surface area contributed by atoms with Crippen LogP contribution in [0.5, 0.6) is 0 Å². The maximum Gasteiger partial charge on any atom is 0.329 e. The summed E-state index contributed by atoms with van der Waals surface area (Å²) in [5, 5.41) is 6.13. The number of aryl methyl sites for hydroxylation is 1. The van der Waals surface area contributed by atoms with Gasteiger partial charge in [0.15, 0.2) is 0 Å². The Morgan fingerprint density at radius 2 is 1.92 bits per heavy atom. The first-order valence-corrected chi connectivity index (χ1v) is 8.71. The average molecular weight is 341 g/mol. The van der Waals surface area contributed by atoms with Crippen LogP contribution in [0.2, 0.25) is 0 Å². The molecule has 1 unspecified atom stereocenters. The van der Waals surface area contributed by atoms with Crippen LogP contribution in [0.1, 0.15) is 18.9 Å². The second kappa shape index (κ2) is 6.07. The number of aromatic nitrogens is 2. The van der Waals surface area contributed by atoms with Crippen molar-refractivity contribution in [3.8, 4) is 0 Å². The number of fused-ring (bicyclic) bond motifs is 1. The van der Waals surface area contributed by atoms with E-state index in [2.05, 4.69) is 34.2 Å². The van der Waals surface area contributed by atoms with Crippen molar-refractivity contribution in [2.24, 2.45) is 7.05 Å². The van der Waals surface area contributed by atoms with E-state index in [9.17, 15) is 9.59 Å². The quantitative estimate of drug-likeness (QED) is 0.844. The minimum Gasteiger partial charge on any atom is -0.369 e. The van der Waals surface area contributed by atoms with Crippen LogP contribution in [0.4, 0.5) is 5.69 Å². The zero-order valence-electron chi connectivity index (χ0n) is 14.4. The molecule has 2 saturated heterocycles. The minimum atomic E-state index is -0.195. The highest BCUT2D eigenvalue weighted by atomic mass is 16.2. The molecule has 0 saturated carbocycles. The highest BCUT2D eigenvalue weighted by Crippen LogP contribution is 2.29. The van der Waals surface area contributed by atoms with E-state index in [1.165, 1.54) is 0 Å². The molecule has 2 N–H and O–H groups in total. The summed E-state index contributed by atoms with van der Waals surface area (Å²) < 4.78 is 3.45. The number of imidazole rings is 1. The van der Waals surface area contributed by atoms with Crippen LogP contribution in [0.25, 0.3) is 11.0 Å². The monoisotopic (exact) mass is 341 g/mol. The van der Waals surface area contributed by atoms with E-state index >= 15 is 0 Å². The van der Waals surface area contributed by atoms with Gasteiger partial charge in [0.2, 0.25) is 5.91 Å². The molecule has 1 aromatic heterocycles. The summed E-state index contributed by atoms with van der Waals surface area (Å²) in [6, 6.07) is 5.98. The number of carbonyl (C=O) groups excluding carboxylic acids is 1. The number of anilines is 1. The number of nitrogens with one attached hydrogen (secondary N) is 2. The van der Waals surface area contributed by atoms with Gasteiger partial charge >= 0.3 is 5.69 Å². The Labute approximate surface area is 145 Å². The van der Waals surface area contributed by atoms with E-state index in [0.29, 0.717) is 18.5 Å². The molecule has 0 spiro atoms. The molecule has 2 fully saturated rings. The van der Waals surface area contributed by atoms with Crippen LogP contribution in [0, 0.1) is 0 Å². The first-order valence-electron chi connectivity index (χ1n) is 8.71. The number of hydrogen-bond donors (Lipinski definition) is 2. The van der Waals surface area contributed by atoms with Gasteiger partial charge in [-0.2, -0.15) is 0 Å². The summed E-state index contributed by atoms with van der Waals surface area (Å²) in [7, 11) is 1.80. The van der Waals surface area contributed by atoms with E-state index in [4.69, 9.17) is 0 Å². The van der Waals surface area contributed by atoms with E-state index in [-0.39, 0.29) is 17.6 Å². The number of rotatable bonds is 2. The summed E-state index contributed by atoms with van der Waals surface area (Å²) in [5.41, 5.74) is 3.45. The molecule has 132 valence electrons. The lowest BCUT2D eigenvalue weighted by atomic mass is 10.0. The Morgan fingerprint density at radius 3 is 2.64 bits per heavy atom. The molecule has 3 heterocycles. The minimum absolute atomic E-state index is 0.0319. The molecule has 0 radical (unpaired) electrons. The number of carbonyl (C=O) groups is 1. The number of piperidine rings is 1. The van der Waals surface area contributed by atoms with Crippen molar-refractivity contribution in [1.82, 2.24) is 19.8 Å². The fourth-order valence-corrected chi connectivity index (χ4v) is 3.82. The van der Waals surface area contributed by atoms with Crippen molar-refractivity contribution in [3.63, 3.8) is 0 Å². The van der Waals surface area contributed by atoms with Gasteiger partial charge in [-0.25, -0.2) is 4.79 Å². The molecule has 1 aromatic carbocycles. The molecule has 2 aromatic rings. The summed E-state index contributed by atoms with van der Waals surface area (Å²) in [5.74, 6) is -0.0319. The van der Waals surface area contributed by atoms with Gasteiger partial charge in [0.25, 0.3) is 0 Å². The first-order chi connectivity index (χ1) is 12.1. The standard InChI is InChI=1S/C18H23N5O2/c1-12-14(5-6-17(24)20-12)23-15-4-3-13(22-9-7-19-8-10-22)11-16(15)21(2)18(23)25/h3-4,11,14,19H,1,5-10H2,2H3,(H,20,24). The second-order valence-electron chi connectivity index (χ2n) is 6.75. The molecule has 2 aliphatic heterocycles. The highest BCUT2D eigenvalue weighted by Gasteiger charge is 2.27. The van der Waals surface area contributed by atoms with Crippen molar-refractivity contribution < 1.29 is 4.79 Å². The van der Waals surface area contributed by atoms with Gasteiger partial charge < -0.3 is 15.5 Å². The maximum absolute atomic E-state index is 12.9. The third-order valence-electron chi connectivity index (χ3n) is 5.21. The normalized spacial score (nSPS) is 21.6. The molecular weight excluding hydrogens is 318 g/mol. The summed E-state index contributed by atoms with van der Waals surface area (Å²) in [6.45, 7) is 7.83. The number of benzene rings is 1. The molecule has 7 nitrogen and oxygen atoms in total. The highest BCUT2D eigenvalue weighted by molar-refractivity contribution is 5.82. The molecule has 0 aliphatic carbocycles. The predicted molar refractivity (Wildman–Crippen MR) is 97.8 cm³/mol. The van der Waals surface area contributed by atoms with Gasteiger partial charge in [0.05, 0.1) is 17.1 Å². The summed E-state index contributed by atoms with van der Waals surface area (Å²) >= 11 is 0. The SMILES string of the molecule is C=C1NC(=O)CCC1n1c(=O)n(C)c2cc(N3CCNCC3)ccc21. The molecule has 0 bridgehead atoms. The third kappa shape index (κ3) is 2.64. The Balaban J connectivity index is 1.78. The van der Waals surface area contributed by atoms with Gasteiger partial charge in [0, 0.05) is 51.0 Å². The number of hydrogen-bond acceptors (Lipinski definition) is 4. The lowest BCUT2D eigenvalue weighted by Gasteiger charge is -2.29. The molecule has 7 heteroatoms. The van der Waals surface area contributed by atoms with Crippen molar-refractivity contribution in [1.29, 1.82) is 0 Å². The summed E-state index contributed by atoms with van der Waals surface area (Å²) in [4.78, 5) is 26.7. The molecule has 1 atom stereocenters. The largest absolute Gasteiger partial charge is 0.369 e. The van der Waals surface area contributed by atoms with Crippen LogP contribution in [-0.4, -0.2) is 41.2 Å². The van der Waals surface area contributed by atoms with Gasteiger partial charge in [-0.3, -0.25) is 13.9 Å². The van der Waals surface area contributed by atoms with E-state index in [0.717, 1.165) is 42.9 Å². The fraction of sp³-hybridized carbons (Fsp3) is 0.444. The number of amides is 1. The van der Waals surface area contributed by atoms with Crippen molar-refractivity contribution in [3.05, 3.63) is 41.0 Å². The van der Waals surface area contributed by atoms with E-state index in [1.54, 1.807) is 16.2 Å². The fourth-order valence-electron chi connectivity index (χ4n) is 3.82. The van der Waals surface area contributed by atoms with Crippen LogP contribution in [-0.2, 0) is 11.8 Å². The Kier molecular flexibility index (Phi) is 3.88. The van der Waals surface area contributed by atoms with Crippen LogP contribution in [0.15, 0.2) is 35.3 Å². The zero-order valence-corrected chi connectivity index (χ0v) is 14.4. The molecular formula is C18H23N5O2. The zero-order chi connectivity index (χ0) is 17.6. The number of piperazine rings is 1. The third-order valence-corrected chi connectivity index (χ3v) is 5.21. The second-order valence-corrected chi connectivity index (χ2v) is 6.75. The molecule has 2 aliphatic rings. The summed E-state index contributed by atoms with van der Waals surface area (Å²) in [6.07, 6.45) is 1.01. The average Bonchev–Trinajstić information content (AvgIpc) is 2.87. The molecule has 4 rings (SSSR count). The van der Waals surface area contributed by atoms with Crippen LogP contribution in [0.3, 0.4) is 0 Å². The first kappa shape index (κ1) is 16.0. The Morgan fingerprint density at radius 1 is 1.16 bits per heavy atom. The molecule has 1 amide bonds. The lowest BCUT2D eigenvalue weighted by molar-refractivity contribution is -0.121. The van der Waals surface area contributed by atoms with Crippen molar-refractivity contribution in [2.75, 3.05) is 31.1 Å². The van der Waals surface area contributed by atoms with Gasteiger partial charge in [-0.1, -0.05) is 6.58 Å². The van der Waals surface area contributed by atoms with Crippen LogP contribution >= 0.6 is 0 Å². The Bertz CT molecular complexity index is 904. The van der Waals surface area contributed by atoms with Crippen LogP contribution < -0.4 is 21.2 Å². The maximum atomic E-state index is 12.9. The lowest BCUT2D eigenvalue weighted by Crippen LogP contribution is -2.43. The van der Waals surface area contributed by atoms with E-state index < -0.39 is 0 Å². The number of nitrogens with zero attached hydrogens (tertiary/aromatic N) is 3. The Hall–Kier alpha value is -2.54. The van der Waals surface area contributed by atoms with Gasteiger partial charge in [-0.05, 0) is 24.6 Å².